The summed E-state index contributed by atoms with van der Waals surface area (Å²) in [4.78, 5) is 0. The second-order valence-corrected chi connectivity index (χ2v) is 3.40. The molecule has 1 aromatic heterocycles. The number of alkyl halides is 4. The highest BCUT2D eigenvalue weighted by Crippen LogP contribution is 2.32. The molecule has 0 saturated heterocycles. The van der Waals surface area contributed by atoms with E-state index in [4.69, 9.17) is 0 Å². The summed E-state index contributed by atoms with van der Waals surface area (Å²) >= 11 is 3.17. The predicted molar refractivity (Wildman–Crippen MR) is 45.9 cm³/mol. The number of hydrogen-bond acceptors (Lipinski definition) is 1. The van der Waals surface area contributed by atoms with Gasteiger partial charge in [-0.2, -0.15) is 13.2 Å². The first-order chi connectivity index (χ1) is 5.95. The van der Waals surface area contributed by atoms with Gasteiger partial charge in [-0.15, -0.1) is 0 Å². The van der Waals surface area contributed by atoms with Crippen molar-refractivity contribution in [3.63, 3.8) is 0 Å². The van der Waals surface area contributed by atoms with E-state index in [-0.39, 0.29) is 5.92 Å². The third-order valence-corrected chi connectivity index (χ3v) is 2.59. The van der Waals surface area contributed by atoms with Gasteiger partial charge in [0.15, 0.2) is 0 Å². The van der Waals surface area contributed by atoms with Crippen molar-refractivity contribution in [2.24, 2.45) is 0 Å². The molecule has 0 amide bonds. The minimum atomic E-state index is -4.38. The predicted octanol–water partition coefficient (Wildman–Crippen LogP) is 3.80. The molecule has 0 fully saturated rings. The van der Waals surface area contributed by atoms with Crippen LogP contribution in [0.5, 0.6) is 0 Å². The Morgan fingerprint density at radius 1 is 1.46 bits per heavy atom. The molecule has 1 rings (SSSR count). The van der Waals surface area contributed by atoms with Gasteiger partial charge in [0.1, 0.15) is 5.76 Å². The SMILES string of the molecule is CC(CBr)c1ccc(C(F)(F)F)o1. The Morgan fingerprint density at radius 3 is 2.46 bits per heavy atom. The summed E-state index contributed by atoms with van der Waals surface area (Å²) in [5, 5.41) is 0.581. The smallest absolute Gasteiger partial charge is 0.449 e. The minimum absolute atomic E-state index is 0.0453. The number of halogens is 4. The normalized spacial score (nSPS) is 14.5. The van der Waals surface area contributed by atoms with Crippen molar-refractivity contribution in [1.82, 2.24) is 0 Å². The lowest BCUT2D eigenvalue weighted by Gasteiger charge is -2.04. The molecule has 74 valence electrons. The first kappa shape index (κ1) is 10.6. The van der Waals surface area contributed by atoms with Gasteiger partial charge in [0.05, 0.1) is 0 Å². The summed E-state index contributed by atoms with van der Waals surface area (Å²) in [5.74, 6) is -0.629. The van der Waals surface area contributed by atoms with Crippen LogP contribution in [0.2, 0.25) is 0 Å². The van der Waals surface area contributed by atoms with Crippen molar-refractivity contribution < 1.29 is 17.6 Å². The molecule has 1 atom stereocenters. The molecule has 1 aromatic rings. The van der Waals surface area contributed by atoms with Crippen molar-refractivity contribution in [1.29, 1.82) is 0 Å². The summed E-state index contributed by atoms with van der Waals surface area (Å²) in [7, 11) is 0. The van der Waals surface area contributed by atoms with Gasteiger partial charge in [-0.1, -0.05) is 22.9 Å². The third-order valence-electron chi connectivity index (χ3n) is 1.62. The maximum Gasteiger partial charge on any atom is 0.449 e. The Labute approximate surface area is 82.0 Å². The van der Waals surface area contributed by atoms with Crippen LogP contribution in [0, 0.1) is 0 Å². The molecule has 0 spiro atoms. The molecule has 1 nitrogen and oxygen atoms in total. The molecule has 0 aliphatic carbocycles. The second-order valence-electron chi connectivity index (χ2n) is 2.76. The average molecular weight is 257 g/mol. The van der Waals surface area contributed by atoms with Crippen LogP contribution in [0.4, 0.5) is 13.2 Å². The van der Waals surface area contributed by atoms with Crippen molar-refractivity contribution >= 4 is 15.9 Å². The number of furan rings is 1. The van der Waals surface area contributed by atoms with Gasteiger partial charge in [0, 0.05) is 11.2 Å². The molecule has 13 heavy (non-hydrogen) atoms. The topological polar surface area (TPSA) is 13.1 Å². The van der Waals surface area contributed by atoms with Crippen LogP contribution in [0.3, 0.4) is 0 Å². The van der Waals surface area contributed by atoms with Gasteiger partial charge in [-0.25, -0.2) is 0 Å². The van der Waals surface area contributed by atoms with Gasteiger partial charge in [0.25, 0.3) is 0 Å². The molecular weight excluding hydrogens is 249 g/mol. The first-order valence-electron chi connectivity index (χ1n) is 3.68. The van der Waals surface area contributed by atoms with E-state index in [1.807, 2.05) is 0 Å². The lowest BCUT2D eigenvalue weighted by Crippen LogP contribution is -2.02. The van der Waals surface area contributed by atoms with Crippen LogP contribution in [-0.2, 0) is 6.18 Å². The number of hydrogen-bond donors (Lipinski definition) is 0. The highest BCUT2D eigenvalue weighted by molar-refractivity contribution is 9.09. The fourth-order valence-electron chi connectivity index (χ4n) is 0.846. The molecule has 0 aliphatic rings. The van der Waals surface area contributed by atoms with E-state index in [1.165, 1.54) is 6.07 Å². The molecule has 0 radical (unpaired) electrons. The molecule has 5 heteroatoms. The fourth-order valence-corrected chi connectivity index (χ4v) is 1.17. The van der Waals surface area contributed by atoms with E-state index < -0.39 is 11.9 Å². The summed E-state index contributed by atoms with van der Waals surface area (Å²) in [6, 6.07) is 2.31. The lowest BCUT2D eigenvalue weighted by molar-refractivity contribution is -0.153. The largest absolute Gasteiger partial charge is 0.456 e. The molecule has 1 unspecified atom stereocenters. The average Bonchev–Trinajstić information content (AvgIpc) is 2.50. The Kier molecular flexibility index (Phi) is 3.05. The van der Waals surface area contributed by atoms with E-state index in [9.17, 15) is 13.2 Å². The quantitative estimate of drug-likeness (QED) is 0.734. The zero-order valence-corrected chi connectivity index (χ0v) is 8.45. The Hall–Kier alpha value is -0.450. The molecule has 0 saturated carbocycles. The van der Waals surface area contributed by atoms with Crippen LogP contribution in [0.1, 0.15) is 24.4 Å². The maximum absolute atomic E-state index is 12.1. The van der Waals surface area contributed by atoms with Crippen LogP contribution < -0.4 is 0 Å². The molecule has 0 aliphatic heterocycles. The second kappa shape index (κ2) is 3.74. The van der Waals surface area contributed by atoms with E-state index in [2.05, 4.69) is 20.3 Å². The maximum atomic E-state index is 12.1. The highest BCUT2D eigenvalue weighted by atomic mass is 79.9. The van der Waals surface area contributed by atoms with E-state index in [0.29, 0.717) is 11.1 Å². The standard InChI is InChI=1S/C8H8BrF3O/c1-5(4-9)6-2-3-7(13-6)8(10,11)12/h2-3,5H,4H2,1H3. The minimum Gasteiger partial charge on any atom is -0.456 e. The lowest BCUT2D eigenvalue weighted by atomic mass is 10.2. The summed E-state index contributed by atoms with van der Waals surface area (Å²) < 4.78 is 40.8. The van der Waals surface area contributed by atoms with Gasteiger partial charge in [-0.3, -0.25) is 0 Å². The van der Waals surface area contributed by atoms with Crippen LogP contribution in [-0.4, -0.2) is 5.33 Å². The molecule has 0 aromatic carbocycles. The zero-order valence-electron chi connectivity index (χ0n) is 6.86. The fraction of sp³-hybridized carbons (Fsp3) is 0.500. The molecule has 0 bridgehead atoms. The molecule has 0 N–H and O–H groups in total. The first-order valence-corrected chi connectivity index (χ1v) is 4.80. The Bertz CT molecular complexity index is 279. The van der Waals surface area contributed by atoms with Gasteiger partial charge >= 0.3 is 6.18 Å². The highest BCUT2D eigenvalue weighted by Gasteiger charge is 2.35. The summed E-state index contributed by atoms with van der Waals surface area (Å²) in [6.45, 7) is 1.79. The number of rotatable bonds is 2. The van der Waals surface area contributed by atoms with Crippen molar-refractivity contribution in [2.45, 2.75) is 19.0 Å². The van der Waals surface area contributed by atoms with E-state index >= 15 is 0 Å². The van der Waals surface area contributed by atoms with Crippen molar-refractivity contribution in [3.8, 4) is 0 Å². The summed E-state index contributed by atoms with van der Waals surface area (Å²) in [5.41, 5.74) is 0. The Balaban J connectivity index is 2.87. The molecular formula is C8H8BrF3O. The van der Waals surface area contributed by atoms with Crippen LogP contribution in [0.15, 0.2) is 16.5 Å². The monoisotopic (exact) mass is 256 g/mol. The molecule has 1 heterocycles. The third kappa shape index (κ3) is 2.49. The Morgan fingerprint density at radius 2 is 2.08 bits per heavy atom. The van der Waals surface area contributed by atoms with Crippen LogP contribution in [0.25, 0.3) is 0 Å². The van der Waals surface area contributed by atoms with Gasteiger partial charge in [-0.05, 0) is 12.1 Å². The van der Waals surface area contributed by atoms with Crippen molar-refractivity contribution in [2.75, 3.05) is 5.33 Å². The van der Waals surface area contributed by atoms with Crippen LogP contribution >= 0.6 is 15.9 Å². The van der Waals surface area contributed by atoms with Gasteiger partial charge in [0.2, 0.25) is 5.76 Å². The van der Waals surface area contributed by atoms with Gasteiger partial charge < -0.3 is 4.42 Å². The van der Waals surface area contributed by atoms with Crippen molar-refractivity contribution in [3.05, 3.63) is 23.7 Å². The zero-order chi connectivity index (χ0) is 10.1. The van der Waals surface area contributed by atoms with E-state index in [1.54, 1.807) is 6.92 Å². The summed E-state index contributed by atoms with van der Waals surface area (Å²) in [6.07, 6.45) is -4.38. The van der Waals surface area contributed by atoms with E-state index in [0.717, 1.165) is 6.07 Å².